The average Bonchev–Trinajstić information content (AvgIpc) is 2.73. The highest BCUT2D eigenvalue weighted by molar-refractivity contribution is 5.31. The molecule has 1 N–H and O–H groups in total. The molecular weight excluding hydrogens is 226 g/mol. The maximum absolute atomic E-state index is 13.5. The van der Waals surface area contributed by atoms with E-state index in [9.17, 15) is 8.78 Å². The zero-order valence-corrected chi connectivity index (χ0v) is 9.75. The zero-order valence-electron chi connectivity index (χ0n) is 9.75. The summed E-state index contributed by atoms with van der Waals surface area (Å²) >= 11 is 0. The number of nitrogens with zero attached hydrogens (tertiary/aromatic N) is 1. The van der Waals surface area contributed by atoms with Gasteiger partial charge in [-0.25, -0.2) is 9.37 Å². The minimum absolute atomic E-state index is 0.0469. The molecule has 0 bridgehead atoms. The van der Waals surface area contributed by atoms with E-state index in [-0.39, 0.29) is 18.4 Å². The first-order valence-electron chi connectivity index (χ1n) is 5.84. The molecule has 94 valence electrons. The Bertz CT molecular complexity index is 387. The van der Waals surface area contributed by atoms with E-state index < -0.39 is 12.1 Å². The van der Waals surface area contributed by atoms with Crippen molar-refractivity contribution in [3.8, 4) is 5.75 Å². The molecule has 2 rings (SSSR count). The quantitative estimate of drug-likeness (QED) is 0.818. The van der Waals surface area contributed by atoms with Crippen LogP contribution in [0.15, 0.2) is 12.3 Å². The Labute approximate surface area is 99.2 Å². The Kier molecular flexibility index (Phi) is 3.89. The van der Waals surface area contributed by atoms with Crippen molar-refractivity contribution in [2.24, 2.45) is 0 Å². The number of rotatable bonds is 4. The molecule has 3 nitrogen and oxygen atoms in total. The van der Waals surface area contributed by atoms with Crippen LogP contribution < -0.4 is 10.1 Å². The van der Waals surface area contributed by atoms with E-state index in [1.807, 2.05) is 6.92 Å². The van der Waals surface area contributed by atoms with Crippen molar-refractivity contribution in [1.29, 1.82) is 0 Å². The second-order valence-electron chi connectivity index (χ2n) is 4.19. The van der Waals surface area contributed by atoms with Gasteiger partial charge >= 0.3 is 0 Å². The first kappa shape index (κ1) is 12.2. The van der Waals surface area contributed by atoms with E-state index in [1.165, 1.54) is 6.20 Å². The molecule has 0 amide bonds. The fourth-order valence-electron chi connectivity index (χ4n) is 1.97. The normalized spacial score (nSPS) is 23.9. The maximum atomic E-state index is 13.5. The van der Waals surface area contributed by atoms with E-state index in [2.05, 4.69) is 10.3 Å². The third kappa shape index (κ3) is 2.91. The SMILES string of the molecule is CCc1ccnc(F)c1OCC1CC(F)CN1. The van der Waals surface area contributed by atoms with Crippen molar-refractivity contribution in [3.05, 3.63) is 23.8 Å². The molecule has 2 heterocycles. The molecule has 1 aliphatic rings. The fraction of sp³-hybridized carbons (Fsp3) is 0.583. The van der Waals surface area contributed by atoms with E-state index >= 15 is 0 Å². The fourth-order valence-corrected chi connectivity index (χ4v) is 1.97. The second kappa shape index (κ2) is 5.40. The Hall–Kier alpha value is -1.23. The zero-order chi connectivity index (χ0) is 12.3. The Morgan fingerprint density at radius 3 is 3.06 bits per heavy atom. The number of ether oxygens (including phenoxy) is 1. The van der Waals surface area contributed by atoms with Gasteiger partial charge in [0.05, 0.1) is 0 Å². The third-order valence-corrected chi connectivity index (χ3v) is 2.92. The van der Waals surface area contributed by atoms with Gasteiger partial charge in [0, 0.05) is 24.3 Å². The largest absolute Gasteiger partial charge is 0.487 e. The maximum Gasteiger partial charge on any atom is 0.255 e. The number of alkyl halides is 1. The van der Waals surface area contributed by atoms with Crippen molar-refractivity contribution in [2.45, 2.75) is 32.0 Å². The van der Waals surface area contributed by atoms with Gasteiger partial charge in [0.15, 0.2) is 5.75 Å². The molecule has 1 aromatic rings. The average molecular weight is 242 g/mol. The minimum atomic E-state index is -0.826. The standard InChI is InChI=1S/C12H16F2N2O/c1-2-8-3-4-15-12(14)11(8)17-7-10-5-9(13)6-16-10/h3-4,9-10,16H,2,5-7H2,1H3. The highest BCUT2D eigenvalue weighted by atomic mass is 19.1. The van der Waals surface area contributed by atoms with Gasteiger partial charge in [-0.15, -0.1) is 0 Å². The smallest absolute Gasteiger partial charge is 0.255 e. The predicted octanol–water partition coefficient (Wildman–Crippen LogP) is 1.86. The lowest BCUT2D eigenvalue weighted by Gasteiger charge is -2.14. The summed E-state index contributed by atoms with van der Waals surface area (Å²) in [6, 6.07) is 1.69. The van der Waals surface area contributed by atoms with Crippen LogP contribution in [0.2, 0.25) is 0 Å². The van der Waals surface area contributed by atoms with Crippen LogP contribution in [0, 0.1) is 5.95 Å². The summed E-state index contributed by atoms with van der Waals surface area (Å²) in [6.07, 6.45) is 1.70. The van der Waals surface area contributed by atoms with Gasteiger partial charge in [-0.05, 0) is 18.9 Å². The van der Waals surface area contributed by atoms with Crippen LogP contribution in [-0.4, -0.2) is 30.3 Å². The minimum Gasteiger partial charge on any atom is -0.487 e. The molecule has 0 saturated carbocycles. The summed E-state index contributed by atoms with van der Waals surface area (Å²) in [5.74, 6) is -0.404. The van der Waals surface area contributed by atoms with Crippen LogP contribution in [0.3, 0.4) is 0 Å². The summed E-state index contributed by atoms with van der Waals surface area (Å²) in [7, 11) is 0. The van der Waals surface area contributed by atoms with Crippen molar-refractivity contribution in [1.82, 2.24) is 10.3 Å². The Morgan fingerprint density at radius 1 is 1.59 bits per heavy atom. The molecule has 2 unspecified atom stereocenters. The van der Waals surface area contributed by atoms with Gasteiger partial charge < -0.3 is 10.1 Å². The van der Waals surface area contributed by atoms with Gasteiger partial charge in [0.25, 0.3) is 5.95 Å². The number of aromatic nitrogens is 1. The van der Waals surface area contributed by atoms with E-state index in [1.54, 1.807) is 6.07 Å². The lowest BCUT2D eigenvalue weighted by molar-refractivity contribution is 0.253. The Balaban J connectivity index is 1.98. The van der Waals surface area contributed by atoms with Gasteiger partial charge in [-0.3, -0.25) is 0 Å². The summed E-state index contributed by atoms with van der Waals surface area (Å²) in [6.45, 7) is 2.55. The molecular formula is C12H16F2N2O. The molecule has 5 heteroatoms. The molecule has 1 aliphatic heterocycles. The number of hydrogen-bond donors (Lipinski definition) is 1. The van der Waals surface area contributed by atoms with Crippen LogP contribution in [0.4, 0.5) is 8.78 Å². The topological polar surface area (TPSA) is 34.1 Å². The first-order valence-corrected chi connectivity index (χ1v) is 5.84. The highest BCUT2D eigenvalue weighted by Gasteiger charge is 2.24. The van der Waals surface area contributed by atoms with Crippen LogP contribution in [0.5, 0.6) is 5.75 Å². The number of hydrogen-bond acceptors (Lipinski definition) is 3. The van der Waals surface area contributed by atoms with Crippen LogP contribution in [0.25, 0.3) is 0 Å². The van der Waals surface area contributed by atoms with Gasteiger partial charge in [-0.2, -0.15) is 4.39 Å². The number of nitrogens with one attached hydrogen (secondary N) is 1. The number of pyridine rings is 1. The summed E-state index contributed by atoms with van der Waals surface area (Å²) in [5, 5.41) is 2.99. The van der Waals surface area contributed by atoms with Crippen LogP contribution in [0.1, 0.15) is 18.9 Å². The van der Waals surface area contributed by atoms with Crippen LogP contribution in [-0.2, 0) is 6.42 Å². The van der Waals surface area contributed by atoms with Gasteiger partial charge in [0.2, 0.25) is 0 Å². The second-order valence-corrected chi connectivity index (χ2v) is 4.19. The van der Waals surface area contributed by atoms with Gasteiger partial charge in [-0.1, -0.05) is 6.92 Å². The molecule has 1 fully saturated rings. The van der Waals surface area contributed by atoms with Crippen LogP contribution >= 0.6 is 0 Å². The molecule has 1 saturated heterocycles. The van der Waals surface area contributed by atoms with Crippen molar-refractivity contribution >= 4 is 0 Å². The number of aryl methyl sites for hydroxylation is 1. The van der Waals surface area contributed by atoms with E-state index in [0.717, 1.165) is 5.56 Å². The monoisotopic (exact) mass is 242 g/mol. The number of halogens is 2. The van der Waals surface area contributed by atoms with Gasteiger partial charge in [0.1, 0.15) is 12.8 Å². The third-order valence-electron chi connectivity index (χ3n) is 2.92. The lowest BCUT2D eigenvalue weighted by Crippen LogP contribution is -2.28. The molecule has 0 radical (unpaired) electrons. The van der Waals surface area contributed by atoms with Crippen molar-refractivity contribution in [3.63, 3.8) is 0 Å². The summed E-state index contributed by atoms with van der Waals surface area (Å²) in [4.78, 5) is 3.56. The highest BCUT2D eigenvalue weighted by Crippen LogP contribution is 2.22. The molecule has 0 spiro atoms. The first-order chi connectivity index (χ1) is 8.20. The molecule has 17 heavy (non-hydrogen) atoms. The summed E-state index contributed by atoms with van der Waals surface area (Å²) in [5.41, 5.74) is 0.785. The van der Waals surface area contributed by atoms with Crippen molar-refractivity contribution in [2.75, 3.05) is 13.2 Å². The Morgan fingerprint density at radius 2 is 2.41 bits per heavy atom. The molecule has 0 aromatic carbocycles. The summed E-state index contributed by atoms with van der Waals surface area (Å²) < 4.78 is 31.8. The predicted molar refractivity (Wildman–Crippen MR) is 60.4 cm³/mol. The van der Waals surface area contributed by atoms with E-state index in [4.69, 9.17) is 4.74 Å². The molecule has 0 aliphatic carbocycles. The van der Waals surface area contributed by atoms with Crippen molar-refractivity contribution < 1.29 is 13.5 Å². The molecule has 1 aromatic heterocycles. The lowest BCUT2D eigenvalue weighted by atomic mass is 10.2. The molecule has 2 atom stereocenters. The van der Waals surface area contributed by atoms with E-state index in [0.29, 0.717) is 19.4 Å².